The van der Waals surface area contributed by atoms with Crippen LogP contribution in [0.3, 0.4) is 0 Å². The molecule has 0 radical (unpaired) electrons. The fraction of sp³-hybridized carbons (Fsp3) is 0.200. The first-order chi connectivity index (χ1) is 5.04. The average molecular weight is 220 g/mol. The second kappa shape index (κ2) is 2.54. The largest absolute Gasteiger partial charge is 0.476 e. The van der Waals surface area contributed by atoms with E-state index in [0.717, 1.165) is 0 Å². The molecule has 0 aromatic carbocycles. The molecule has 0 unspecified atom stereocenters. The van der Waals surface area contributed by atoms with Crippen molar-refractivity contribution in [1.29, 1.82) is 0 Å². The Morgan fingerprint density at radius 1 is 1.82 bits per heavy atom. The molecule has 0 saturated carbocycles. The molecule has 0 bridgehead atoms. The molecule has 0 aliphatic heterocycles. The van der Waals surface area contributed by atoms with Crippen molar-refractivity contribution in [2.24, 2.45) is 7.05 Å². The lowest BCUT2D eigenvalue weighted by molar-refractivity contribution is 0.0688. The van der Waals surface area contributed by atoms with Crippen molar-refractivity contribution in [2.45, 2.75) is 0 Å². The van der Waals surface area contributed by atoms with E-state index >= 15 is 0 Å². The van der Waals surface area contributed by atoms with E-state index in [0.29, 0.717) is 10.3 Å². The molecule has 0 aliphatic carbocycles. The van der Waals surface area contributed by atoms with Gasteiger partial charge >= 0.3 is 5.97 Å². The Bertz CT molecular complexity index is 307. The highest BCUT2D eigenvalue weighted by Crippen LogP contribution is 2.22. The van der Waals surface area contributed by atoms with Crippen molar-refractivity contribution >= 4 is 27.7 Å². The number of rotatable bonds is 1. The fourth-order valence-electron chi connectivity index (χ4n) is 0.648. The van der Waals surface area contributed by atoms with E-state index in [1.54, 1.807) is 7.05 Å². The Hall–Kier alpha value is -1.04. The number of nitrogen functional groups attached to an aromatic ring is 1. The van der Waals surface area contributed by atoms with Crippen LogP contribution >= 0.6 is 15.9 Å². The number of anilines is 1. The first-order valence-corrected chi connectivity index (χ1v) is 3.54. The Morgan fingerprint density at radius 3 is 2.55 bits per heavy atom. The van der Waals surface area contributed by atoms with Gasteiger partial charge in [-0.25, -0.2) is 4.79 Å². The minimum Gasteiger partial charge on any atom is -0.476 e. The van der Waals surface area contributed by atoms with Crippen LogP contribution in [0.25, 0.3) is 0 Å². The van der Waals surface area contributed by atoms with E-state index in [1.165, 1.54) is 4.68 Å². The molecule has 0 aliphatic rings. The summed E-state index contributed by atoms with van der Waals surface area (Å²) in [6.45, 7) is 0. The predicted molar refractivity (Wildman–Crippen MR) is 42.3 cm³/mol. The van der Waals surface area contributed by atoms with Crippen LogP contribution in [0.2, 0.25) is 0 Å². The number of nitrogens with zero attached hydrogens (tertiary/aromatic N) is 2. The molecule has 5 nitrogen and oxygen atoms in total. The molecule has 0 amide bonds. The summed E-state index contributed by atoms with van der Waals surface area (Å²) in [5.74, 6) is -0.786. The van der Waals surface area contributed by atoms with Gasteiger partial charge in [0.25, 0.3) is 0 Å². The van der Waals surface area contributed by atoms with Crippen LogP contribution in [0.1, 0.15) is 10.5 Å². The maximum Gasteiger partial charge on any atom is 0.357 e. The summed E-state index contributed by atoms with van der Waals surface area (Å²) < 4.78 is 1.63. The lowest BCUT2D eigenvalue weighted by atomic mass is 10.4. The van der Waals surface area contributed by atoms with Gasteiger partial charge in [-0.1, -0.05) is 0 Å². The number of carbonyl (C=O) groups is 1. The molecular formula is C5H6BrN3O2. The van der Waals surface area contributed by atoms with Gasteiger partial charge in [-0.3, -0.25) is 4.68 Å². The van der Waals surface area contributed by atoms with Crippen LogP contribution in [0.4, 0.5) is 5.82 Å². The smallest absolute Gasteiger partial charge is 0.357 e. The normalized spacial score (nSPS) is 10.0. The Kier molecular flexibility index (Phi) is 1.86. The molecular weight excluding hydrogens is 214 g/mol. The van der Waals surface area contributed by atoms with Crippen LogP contribution in [-0.4, -0.2) is 20.9 Å². The third kappa shape index (κ3) is 1.21. The maximum absolute atomic E-state index is 10.4. The monoisotopic (exact) mass is 219 g/mol. The molecule has 60 valence electrons. The average Bonchev–Trinajstić information content (AvgIpc) is 2.17. The van der Waals surface area contributed by atoms with Gasteiger partial charge in [0.1, 0.15) is 5.82 Å². The predicted octanol–water partition coefficient (Wildman–Crippen LogP) is 0.463. The lowest BCUT2D eigenvalue weighted by Crippen LogP contribution is -2.00. The minimum absolute atomic E-state index is 0.0648. The summed E-state index contributed by atoms with van der Waals surface area (Å²) >= 11 is 3.01. The third-order valence-electron chi connectivity index (χ3n) is 1.23. The van der Waals surface area contributed by atoms with Crippen LogP contribution in [0.15, 0.2) is 4.47 Å². The Balaban J connectivity index is 3.29. The fourth-order valence-corrected chi connectivity index (χ4v) is 1.15. The van der Waals surface area contributed by atoms with Crippen molar-refractivity contribution < 1.29 is 9.90 Å². The number of aromatic nitrogens is 2. The molecule has 1 rings (SSSR count). The number of aryl methyl sites for hydroxylation is 1. The molecule has 0 spiro atoms. The summed E-state index contributed by atoms with van der Waals surface area (Å²) in [7, 11) is 1.58. The molecule has 1 aromatic rings. The maximum atomic E-state index is 10.4. The van der Waals surface area contributed by atoms with E-state index in [9.17, 15) is 4.79 Å². The van der Waals surface area contributed by atoms with Crippen molar-refractivity contribution in [3.63, 3.8) is 0 Å². The Labute approximate surface area is 70.9 Å². The Morgan fingerprint density at radius 2 is 2.36 bits per heavy atom. The van der Waals surface area contributed by atoms with Gasteiger partial charge in [-0.05, 0) is 15.9 Å². The van der Waals surface area contributed by atoms with Gasteiger partial charge in [0.05, 0.1) is 4.47 Å². The van der Waals surface area contributed by atoms with Gasteiger partial charge in [0.15, 0.2) is 5.69 Å². The number of nitrogens with two attached hydrogens (primary N) is 1. The SMILES string of the molecule is Cn1nc(C(=O)O)c(Br)c1N. The molecule has 3 N–H and O–H groups in total. The number of carboxylic acid groups (broad SMARTS) is 1. The van der Waals surface area contributed by atoms with E-state index in [2.05, 4.69) is 21.0 Å². The highest BCUT2D eigenvalue weighted by molar-refractivity contribution is 9.10. The van der Waals surface area contributed by atoms with Gasteiger partial charge in [0.2, 0.25) is 0 Å². The van der Waals surface area contributed by atoms with E-state index in [4.69, 9.17) is 10.8 Å². The van der Waals surface area contributed by atoms with Crippen LogP contribution in [0, 0.1) is 0 Å². The zero-order valence-corrected chi connectivity index (χ0v) is 7.29. The number of carboxylic acids is 1. The molecule has 1 heterocycles. The number of hydrogen-bond acceptors (Lipinski definition) is 3. The summed E-state index contributed by atoms with van der Waals surface area (Å²) in [6, 6.07) is 0. The molecule has 0 saturated heterocycles. The minimum atomic E-state index is -1.09. The van der Waals surface area contributed by atoms with Crippen LogP contribution < -0.4 is 5.73 Å². The van der Waals surface area contributed by atoms with E-state index in [1.807, 2.05) is 0 Å². The number of halogens is 1. The molecule has 0 fully saturated rings. The second-order valence-electron chi connectivity index (χ2n) is 1.98. The standard InChI is InChI=1S/C5H6BrN3O2/c1-9-4(7)2(6)3(8-9)5(10)11/h7H2,1H3,(H,10,11). The van der Waals surface area contributed by atoms with Gasteiger partial charge < -0.3 is 10.8 Å². The first-order valence-electron chi connectivity index (χ1n) is 2.75. The topological polar surface area (TPSA) is 81.1 Å². The van der Waals surface area contributed by atoms with Crippen molar-refractivity contribution in [1.82, 2.24) is 9.78 Å². The zero-order chi connectivity index (χ0) is 8.59. The van der Waals surface area contributed by atoms with Gasteiger partial charge in [-0.2, -0.15) is 5.10 Å². The van der Waals surface area contributed by atoms with Crippen LogP contribution in [0.5, 0.6) is 0 Å². The quantitative estimate of drug-likeness (QED) is 0.720. The first kappa shape index (κ1) is 8.06. The molecule has 0 atom stereocenters. The highest BCUT2D eigenvalue weighted by Gasteiger charge is 2.16. The second-order valence-corrected chi connectivity index (χ2v) is 2.77. The zero-order valence-electron chi connectivity index (χ0n) is 5.71. The van der Waals surface area contributed by atoms with Crippen LogP contribution in [-0.2, 0) is 7.05 Å². The van der Waals surface area contributed by atoms with E-state index in [-0.39, 0.29) is 5.69 Å². The molecule has 11 heavy (non-hydrogen) atoms. The highest BCUT2D eigenvalue weighted by atomic mass is 79.9. The third-order valence-corrected chi connectivity index (χ3v) is 2.02. The lowest BCUT2D eigenvalue weighted by Gasteiger charge is -1.89. The van der Waals surface area contributed by atoms with Crippen molar-refractivity contribution in [3.05, 3.63) is 10.2 Å². The molecule has 1 aromatic heterocycles. The summed E-state index contributed by atoms with van der Waals surface area (Å²) in [5.41, 5.74) is 5.37. The number of aromatic carboxylic acids is 1. The summed E-state index contributed by atoms with van der Waals surface area (Å²) in [5, 5.41) is 12.2. The summed E-state index contributed by atoms with van der Waals surface area (Å²) in [4.78, 5) is 10.4. The van der Waals surface area contributed by atoms with Gasteiger partial charge in [0, 0.05) is 7.05 Å². The summed E-state index contributed by atoms with van der Waals surface area (Å²) in [6.07, 6.45) is 0. The van der Waals surface area contributed by atoms with Gasteiger partial charge in [-0.15, -0.1) is 0 Å². The van der Waals surface area contributed by atoms with Crippen molar-refractivity contribution in [3.8, 4) is 0 Å². The number of hydrogen-bond donors (Lipinski definition) is 2. The van der Waals surface area contributed by atoms with Crippen molar-refractivity contribution in [2.75, 3.05) is 5.73 Å². The molecule has 6 heteroatoms. The van der Waals surface area contributed by atoms with E-state index < -0.39 is 5.97 Å².